The van der Waals surface area contributed by atoms with Gasteiger partial charge in [0.05, 0.1) is 6.61 Å². The molecule has 80 valence electrons. The molecule has 0 fully saturated rings. The van der Waals surface area contributed by atoms with Crippen LogP contribution in [0.25, 0.3) is 11.1 Å². The van der Waals surface area contributed by atoms with Crippen LogP contribution in [0.4, 0.5) is 0 Å². The standard InChI is InChI=1S/C14H13NO/c1-3-13(10-15-7-1)11-5-6-14-12(9-11)4-2-8-16-14/h1,3,5-7,9-10H,2,4,8H2. The molecular formula is C14H13NO. The SMILES string of the molecule is c1cncc(-c2ccc3c(c2)CCCO3)c1. The van der Waals surface area contributed by atoms with Gasteiger partial charge in [-0.05, 0) is 42.2 Å². The lowest BCUT2D eigenvalue weighted by Crippen LogP contribution is -2.07. The molecule has 2 heteroatoms. The van der Waals surface area contributed by atoms with Crippen LogP contribution < -0.4 is 4.74 Å². The molecule has 2 heterocycles. The lowest BCUT2D eigenvalue weighted by Gasteiger charge is -2.17. The lowest BCUT2D eigenvalue weighted by molar-refractivity contribution is 0.288. The number of fused-ring (bicyclic) bond motifs is 1. The van der Waals surface area contributed by atoms with Crippen molar-refractivity contribution in [1.82, 2.24) is 4.98 Å². The minimum atomic E-state index is 0.846. The van der Waals surface area contributed by atoms with Crippen molar-refractivity contribution in [2.24, 2.45) is 0 Å². The predicted octanol–water partition coefficient (Wildman–Crippen LogP) is 3.07. The van der Waals surface area contributed by atoms with E-state index in [0.717, 1.165) is 30.8 Å². The van der Waals surface area contributed by atoms with E-state index in [2.05, 4.69) is 29.2 Å². The average molecular weight is 211 g/mol. The van der Waals surface area contributed by atoms with E-state index < -0.39 is 0 Å². The second-order valence-corrected chi connectivity index (χ2v) is 4.02. The third kappa shape index (κ3) is 1.67. The Morgan fingerprint density at radius 3 is 3.00 bits per heavy atom. The first-order valence-electron chi connectivity index (χ1n) is 5.59. The molecule has 1 aliphatic heterocycles. The maximum Gasteiger partial charge on any atom is 0.122 e. The Bertz CT molecular complexity index is 493. The van der Waals surface area contributed by atoms with Crippen LogP contribution >= 0.6 is 0 Å². The molecule has 1 aromatic carbocycles. The molecule has 0 aliphatic carbocycles. The lowest BCUT2D eigenvalue weighted by atomic mass is 10.00. The summed E-state index contributed by atoms with van der Waals surface area (Å²) in [5, 5.41) is 0. The molecule has 1 aliphatic rings. The Kier molecular flexibility index (Phi) is 2.33. The van der Waals surface area contributed by atoms with Gasteiger partial charge in [-0.25, -0.2) is 0 Å². The Morgan fingerprint density at radius 2 is 2.12 bits per heavy atom. The highest BCUT2D eigenvalue weighted by atomic mass is 16.5. The summed E-state index contributed by atoms with van der Waals surface area (Å²) >= 11 is 0. The van der Waals surface area contributed by atoms with Crippen LogP contribution in [0, 0.1) is 0 Å². The highest BCUT2D eigenvalue weighted by Gasteiger charge is 2.10. The molecule has 2 nitrogen and oxygen atoms in total. The van der Waals surface area contributed by atoms with Crippen LogP contribution in [-0.4, -0.2) is 11.6 Å². The summed E-state index contributed by atoms with van der Waals surface area (Å²) in [5.74, 6) is 1.04. The monoisotopic (exact) mass is 211 g/mol. The summed E-state index contributed by atoms with van der Waals surface area (Å²) in [5.41, 5.74) is 3.70. The van der Waals surface area contributed by atoms with Gasteiger partial charge in [0.25, 0.3) is 0 Å². The molecule has 0 amide bonds. The number of ether oxygens (including phenoxy) is 1. The molecule has 0 N–H and O–H groups in total. The van der Waals surface area contributed by atoms with Crippen LogP contribution in [-0.2, 0) is 6.42 Å². The fourth-order valence-electron chi connectivity index (χ4n) is 2.07. The second-order valence-electron chi connectivity index (χ2n) is 4.02. The minimum Gasteiger partial charge on any atom is -0.493 e. The quantitative estimate of drug-likeness (QED) is 0.723. The first kappa shape index (κ1) is 9.40. The van der Waals surface area contributed by atoms with Gasteiger partial charge in [0.1, 0.15) is 5.75 Å². The average Bonchev–Trinajstić information content (AvgIpc) is 2.39. The van der Waals surface area contributed by atoms with Crippen LogP contribution in [0.1, 0.15) is 12.0 Å². The summed E-state index contributed by atoms with van der Waals surface area (Å²) in [7, 11) is 0. The van der Waals surface area contributed by atoms with Crippen molar-refractivity contribution in [1.29, 1.82) is 0 Å². The van der Waals surface area contributed by atoms with Gasteiger partial charge >= 0.3 is 0 Å². The van der Waals surface area contributed by atoms with E-state index in [1.807, 2.05) is 12.3 Å². The fraction of sp³-hybridized carbons (Fsp3) is 0.214. The van der Waals surface area contributed by atoms with Crippen molar-refractivity contribution in [2.75, 3.05) is 6.61 Å². The van der Waals surface area contributed by atoms with E-state index in [9.17, 15) is 0 Å². The molecule has 16 heavy (non-hydrogen) atoms. The normalized spacial score (nSPS) is 14.0. The minimum absolute atomic E-state index is 0.846. The molecule has 2 aromatic rings. The number of aryl methyl sites for hydroxylation is 1. The van der Waals surface area contributed by atoms with Gasteiger partial charge in [-0.1, -0.05) is 12.1 Å². The molecule has 0 unspecified atom stereocenters. The van der Waals surface area contributed by atoms with Gasteiger partial charge < -0.3 is 4.74 Å². The van der Waals surface area contributed by atoms with E-state index in [4.69, 9.17) is 4.74 Å². The smallest absolute Gasteiger partial charge is 0.122 e. The highest BCUT2D eigenvalue weighted by Crippen LogP contribution is 2.29. The molecule has 0 radical (unpaired) electrons. The van der Waals surface area contributed by atoms with Crippen molar-refractivity contribution in [3.8, 4) is 16.9 Å². The number of hydrogen-bond acceptors (Lipinski definition) is 2. The van der Waals surface area contributed by atoms with E-state index in [-0.39, 0.29) is 0 Å². The molecule has 0 atom stereocenters. The molecule has 0 spiro atoms. The van der Waals surface area contributed by atoms with E-state index in [0.29, 0.717) is 0 Å². The number of nitrogens with zero attached hydrogens (tertiary/aromatic N) is 1. The summed E-state index contributed by atoms with van der Waals surface area (Å²) in [6.45, 7) is 0.846. The predicted molar refractivity (Wildman–Crippen MR) is 63.5 cm³/mol. The highest BCUT2D eigenvalue weighted by molar-refractivity contribution is 5.64. The summed E-state index contributed by atoms with van der Waals surface area (Å²) in [4.78, 5) is 4.14. The Labute approximate surface area is 94.9 Å². The summed E-state index contributed by atoms with van der Waals surface area (Å²) < 4.78 is 5.60. The van der Waals surface area contributed by atoms with Crippen LogP contribution in [0.3, 0.4) is 0 Å². The summed E-state index contributed by atoms with van der Waals surface area (Å²) in [6.07, 6.45) is 5.92. The fourth-order valence-corrected chi connectivity index (χ4v) is 2.07. The van der Waals surface area contributed by atoms with Gasteiger partial charge in [-0.2, -0.15) is 0 Å². The Balaban J connectivity index is 2.03. The molecular weight excluding hydrogens is 198 g/mol. The number of hydrogen-bond donors (Lipinski definition) is 0. The van der Waals surface area contributed by atoms with Gasteiger partial charge in [0.2, 0.25) is 0 Å². The zero-order chi connectivity index (χ0) is 10.8. The van der Waals surface area contributed by atoms with Crippen molar-refractivity contribution < 1.29 is 4.74 Å². The first-order chi connectivity index (χ1) is 7.93. The van der Waals surface area contributed by atoms with Crippen LogP contribution in [0.2, 0.25) is 0 Å². The van der Waals surface area contributed by atoms with Crippen molar-refractivity contribution in [3.05, 3.63) is 48.3 Å². The first-order valence-corrected chi connectivity index (χ1v) is 5.59. The zero-order valence-electron chi connectivity index (χ0n) is 9.02. The summed E-state index contributed by atoms with van der Waals surface area (Å²) in [6, 6.07) is 10.4. The van der Waals surface area contributed by atoms with Crippen LogP contribution in [0.5, 0.6) is 5.75 Å². The number of benzene rings is 1. The van der Waals surface area contributed by atoms with Gasteiger partial charge in [0.15, 0.2) is 0 Å². The molecule has 1 aromatic heterocycles. The van der Waals surface area contributed by atoms with Crippen molar-refractivity contribution in [3.63, 3.8) is 0 Å². The number of aromatic nitrogens is 1. The van der Waals surface area contributed by atoms with E-state index >= 15 is 0 Å². The Morgan fingerprint density at radius 1 is 1.12 bits per heavy atom. The van der Waals surface area contributed by atoms with Crippen LogP contribution in [0.15, 0.2) is 42.7 Å². The number of pyridine rings is 1. The van der Waals surface area contributed by atoms with E-state index in [1.54, 1.807) is 6.20 Å². The second kappa shape index (κ2) is 3.97. The van der Waals surface area contributed by atoms with Crippen molar-refractivity contribution in [2.45, 2.75) is 12.8 Å². The number of rotatable bonds is 1. The third-order valence-electron chi connectivity index (χ3n) is 2.90. The van der Waals surface area contributed by atoms with Crippen molar-refractivity contribution >= 4 is 0 Å². The van der Waals surface area contributed by atoms with Gasteiger partial charge in [-0.15, -0.1) is 0 Å². The maximum absolute atomic E-state index is 5.60. The van der Waals surface area contributed by atoms with Gasteiger partial charge in [-0.3, -0.25) is 4.98 Å². The largest absolute Gasteiger partial charge is 0.493 e. The maximum atomic E-state index is 5.60. The third-order valence-corrected chi connectivity index (χ3v) is 2.90. The molecule has 0 saturated heterocycles. The topological polar surface area (TPSA) is 22.1 Å². The molecule has 0 bridgehead atoms. The zero-order valence-corrected chi connectivity index (χ0v) is 9.02. The Hall–Kier alpha value is -1.83. The van der Waals surface area contributed by atoms with E-state index in [1.165, 1.54) is 11.1 Å². The molecule has 3 rings (SSSR count). The van der Waals surface area contributed by atoms with Gasteiger partial charge in [0, 0.05) is 18.0 Å². The molecule has 0 saturated carbocycles.